The molecule has 4 heteroatoms. The van der Waals surface area contributed by atoms with Crippen LogP contribution in [0.15, 0.2) is 41.4 Å². The Morgan fingerprint density at radius 1 is 1.43 bits per heavy atom. The molecule has 0 aliphatic rings. The van der Waals surface area contributed by atoms with E-state index < -0.39 is 0 Å². The Kier molecular flexibility index (Phi) is 4.19. The van der Waals surface area contributed by atoms with Crippen molar-refractivity contribution in [2.24, 2.45) is 0 Å². The van der Waals surface area contributed by atoms with Crippen LogP contribution >= 0.6 is 15.9 Å². The molecule has 0 saturated heterocycles. The molecule has 0 aliphatic heterocycles. The Hall–Kier alpha value is -1.29. The van der Waals surface area contributed by atoms with Gasteiger partial charge in [0.15, 0.2) is 0 Å². The van der Waals surface area contributed by atoms with Gasteiger partial charge in [-0.1, -0.05) is 22.0 Å². The summed E-state index contributed by atoms with van der Waals surface area (Å²) in [5, 5.41) is 5.30. The van der Waals surface area contributed by atoms with Gasteiger partial charge in [-0.15, -0.1) is 6.58 Å². The quantitative estimate of drug-likeness (QED) is 0.801. The van der Waals surface area contributed by atoms with E-state index in [1.54, 1.807) is 6.08 Å². The molecule has 0 heterocycles. The number of halogens is 1. The first kappa shape index (κ1) is 10.8. The van der Waals surface area contributed by atoms with E-state index in [-0.39, 0.29) is 6.03 Å². The standard InChI is InChI=1S/C10H11BrN2O/c1-2-7-12-10(14)13-9-5-3-8(11)4-6-9/h2-6H,1,7H2,(H2,12,13,14). The zero-order valence-corrected chi connectivity index (χ0v) is 9.17. The summed E-state index contributed by atoms with van der Waals surface area (Å²) in [4.78, 5) is 11.2. The predicted octanol–water partition coefficient (Wildman–Crippen LogP) is 2.76. The van der Waals surface area contributed by atoms with Crippen molar-refractivity contribution < 1.29 is 4.79 Å². The van der Waals surface area contributed by atoms with Crippen molar-refractivity contribution in [2.75, 3.05) is 11.9 Å². The van der Waals surface area contributed by atoms with Gasteiger partial charge in [-0.3, -0.25) is 0 Å². The number of nitrogens with one attached hydrogen (secondary N) is 2. The second-order valence-electron chi connectivity index (χ2n) is 2.63. The zero-order chi connectivity index (χ0) is 10.4. The number of carbonyl (C=O) groups is 1. The van der Waals surface area contributed by atoms with E-state index in [1.165, 1.54) is 0 Å². The maximum Gasteiger partial charge on any atom is 0.319 e. The van der Waals surface area contributed by atoms with Crippen molar-refractivity contribution in [3.05, 3.63) is 41.4 Å². The van der Waals surface area contributed by atoms with Crippen LogP contribution in [-0.4, -0.2) is 12.6 Å². The van der Waals surface area contributed by atoms with Crippen molar-refractivity contribution in [1.29, 1.82) is 0 Å². The minimum absolute atomic E-state index is 0.229. The number of amides is 2. The molecule has 1 aromatic carbocycles. The second kappa shape index (κ2) is 5.44. The van der Waals surface area contributed by atoms with Gasteiger partial charge in [0.05, 0.1) is 0 Å². The van der Waals surface area contributed by atoms with E-state index >= 15 is 0 Å². The van der Waals surface area contributed by atoms with Gasteiger partial charge >= 0.3 is 6.03 Å². The smallest absolute Gasteiger partial charge is 0.319 e. The number of rotatable bonds is 3. The van der Waals surface area contributed by atoms with Gasteiger partial charge in [-0.25, -0.2) is 4.79 Å². The van der Waals surface area contributed by atoms with Crippen LogP contribution in [0.5, 0.6) is 0 Å². The first-order valence-electron chi connectivity index (χ1n) is 4.13. The van der Waals surface area contributed by atoms with Crippen LogP contribution < -0.4 is 10.6 Å². The van der Waals surface area contributed by atoms with Crippen LogP contribution in [0.25, 0.3) is 0 Å². The van der Waals surface area contributed by atoms with Gasteiger partial charge in [0.25, 0.3) is 0 Å². The van der Waals surface area contributed by atoms with E-state index in [0.717, 1.165) is 10.2 Å². The number of hydrogen-bond acceptors (Lipinski definition) is 1. The zero-order valence-electron chi connectivity index (χ0n) is 7.59. The average molecular weight is 255 g/mol. The van der Waals surface area contributed by atoms with Crippen LogP contribution in [0.2, 0.25) is 0 Å². The molecule has 0 radical (unpaired) electrons. The van der Waals surface area contributed by atoms with E-state index in [9.17, 15) is 4.79 Å². The molecule has 0 aromatic heterocycles. The molecule has 1 rings (SSSR count). The van der Waals surface area contributed by atoms with Gasteiger partial charge in [-0.05, 0) is 24.3 Å². The molecule has 14 heavy (non-hydrogen) atoms. The minimum Gasteiger partial charge on any atom is -0.334 e. The summed E-state index contributed by atoms with van der Waals surface area (Å²) in [5.41, 5.74) is 0.759. The third-order valence-electron chi connectivity index (χ3n) is 1.51. The Balaban J connectivity index is 2.47. The van der Waals surface area contributed by atoms with Crippen molar-refractivity contribution in [3.8, 4) is 0 Å². The fourth-order valence-corrected chi connectivity index (χ4v) is 1.14. The van der Waals surface area contributed by atoms with E-state index in [2.05, 4.69) is 33.1 Å². The minimum atomic E-state index is -0.229. The highest BCUT2D eigenvalue weighted by Gasteiger charge is 1.98. The van der Waals surface area contributed by atoms with Gasteiger partial charge in [0.1, 0.15) is 0 Å². The summed E-state index contributed by atoms with van der Waals surface area (Å²) in [6.07, 6.45) is 1.63. The Morgan fingerprint density at radius 2 is 2.07 bits per heavy atom. The molecular weight excluding hydrogens is 244 g/mol. The first-order chi connectivity index (χ1) is 6.72. The second-order valence-corrected chi connectivity index (χ2v) is 3.55. The SMILES string of the molecule is C=CCNC(=O)Nc1ccc(Br)cc1. The van der Waals surface area contributed by atoms with Crippen molar-refractivity contribution in [3.63, 3.8) is 0 Å². The number of urea groups is 1. The molecule has 0 fully saturated rings. The summed E-state index contributed by atoms with van der Waals surface area (Å²) >= 11 is 3.31. The molecule has 3 nitrogen and oxygen atoms in total. The lowest BCUT2D eigenvalue weighted by Gasteiger charge is -2.05. The number of carbonyl (C=O) groups excluding carboxylic acids is 1. The number of hydrogen-bond donors (Lipinski definition) is 2. The lowest BCUT2D eigenvalue weighted by atomic mass is 10.3. The molecule has 2 amide bonds. The fraction of sp³-hybridized carbons (Fsp3) is 0.100. The van der Waals surface area contributed by atoms with Crippen molar-refractivity contribution in [2.45, 2.75) is 0 Å². The Labute approximate surface area is 91.3 Å². The molecule has 2 N–H and O–H groups in total. The molecule has 0 saturated carbocycles. The van der Waals surface area contributed by atoms with Crippen LogP contribution in [0.4, 0.5) is 10.5 Å². The summed E-state index contributed by atoms with van der Waals surface area (Å²) in [6, 6.07) is 7.13. The summed E-state index contributed by atoms with van der Waals surface area (Å²) in [7, 11) is 0. The Bertz CT molecular complexity index is 321. The molecule has 1 aromatic rings. The maximum atomic E-state index is 11.2. The molecule has 0 aliphatic carbocycles. The fourth-order valence-electron chi connectivity index (χ4n) is 0.873. The largest absolute Gasteiger partial charge is 0.334 e. The van der Waals surface area contributed by atoms with E-state index in [0.29, 0.717) is 6.54 Å². The monoisotopic (exact) mass is 254 g/mol. The van der Waals surface area contributed by atoms with E-state index in [4.69, 9.17) is 0 Å². The summed E-state index contributed by atoms with van der Waals surface area (Å²) in [5.74, 6) is 0. The van der Waals surface area contributed by atoms with Crippen molar-refractivity contribution in [1.82, 2.24) is 5.32 Å². The van der Waals surface area contributed by atoms with Crippen LogP contribution in [0.3, 0.4) is 0 Å². The number of anilines is 1. The highest BCUT2D eigenvalue weighted by atomic mass is 79.9. The highest BCUT2D eigenvalue weighted by Crippen LogP contribution is 2.13. The molecule has 0 spiro atoms. The predicted molar refractivity (Wildman–Crippen MR) is 61.4 cm³/mol. The van der Waals surface area contributed by atoms with Gasteiger partial charge in [0, 0.05) is 16.7 Å². The third-order valence-corrected chi connectivity index (χ3v) is 2.04. The van der Waals surface area contributed by atoms with Gasteiger partial charge in [0.2, 0.25) is 0 Å². The van der Waals surface area contributed by atoms with E-state index in [1.807, 2.05) is 24.3 Å². The average Bonchev–Trinajstić information content (AvgIpc) is 2.18. The van der Waals surface area contributed by atoms with Gasteiger partial charge in [-0.2, -0.15) is 0 Å². The maximum absolute atomic E-state index is 11.2. The van der Waals surface area contributed by atoms with Crippen molar-refractivity contribution >= 4 is 27.6 Å². The highest BCUT2D eigenvalue weighted by molar-refractivity contribution is 9.10. The normalized spacial score (nSPS) is 9.21. The lowest BCUT2D eigenvalue weighted by Crippen LogP contribution is -2.28. The first-order valence-corrected chi connectivity index (χ1v) is 4.93. The number of benzene rings is 1. The summed E-state index contributed by atoms with van der Waals surface area (Å²) < 4.78 is 0.981. The molecule has 0 bridgehead atoms. The van der Waals surface area contributed by atoms with Crippen LogP contribution in [-0.2, 0) is 0 Å². The van der Waals surface area contributed by atoms with Crippen LogP contribution in [0.1, 0.15) is 0 Å². The molecule has 74 valence electrons. The molecule has 0 unspecified atom stereocenters. The lowest BCUT2D eigenvalue weighted by molar-refractivity contribution is 0.253. The summed E-state index contributed by atoms with van der Waals surface area (Å²) in [6.45, 7) is 3.96. The topological polar surface area (TPSA) is 41.1 Å². The molecular formula is C10H11BrN2O. The van der Waals surface area contributed by atoms with Gasteiger partial charge < -0.3 is 10.6 Å². The third kappa shape index (κ3) is 3.62. The Morgan fingerprint density at radius 3 is 2.64 bits per heavy atom. The van der Waals surface area contributed by atoms with Crippen LogP contribution in [0, 0.1) is 0 Å². The molecule has 0 atom stereocenters.